The minimum atomic E-state index is 0.357. The molecule has 1 aliphatic heterocycles. The van der Waals surface area contributed by atoms with Crippen LogP contribution in [0.4, 0.5) is 0 Å². The first-order valence-electron chi connectivity index (χ1n) is 3.93. The Morgan fingerprint density at radius 2 is 2.20 bits per heavy atom. The smallest absolute Gasteiger partial charge is 0.0215 e. The fourth-order valence-corrected chi connectivity index (χ4v) is 2.33. The fourth-order valence-electron chi connectivity index (χ4n) is 1.08. The molecule has 1 N–H and O–H groups in total. The monoisotopic (exact) mass is 159 g/mol. The Morgan fingerprint density at radius 3 is 2.90 bits per heavy atom. The van der Waals surface area contributed by atoms with Crippen molar-refractivity contribution >= 4 is 11.8 Å². The summed E-state index contributed by atoms with van der Waals surface area (Å²) in [4.78, 5) is 0. The predicted octanol–water partition coefficient (Wildman–Crippen LogP) is 1.74. The Kier molecular flexibility index (Phi) is 2.64. The Balaban J connectivity index is 2.41. The van der Waals surface area contributed by atoms with Crippen molar-refractivity contribution in [1.29, 1.82) is 0 Å². The van der Waals surface area contributed by atoms with Crippen molar-refractivity contribution in [1.82, 2.24) is 5.32 Å². The summed E-state index contributed by atoms with van der Waals surface area (Å²) in [7, 11) is 0. The van der Waals surface area contributed by atoms with Gasteiger partial charge >= 0.3 is 0 Å². The van der Waals surface area contributed by atoms with Crippen LogP contribution in [0.25, 0.3) is 0 Å². The van der Waals surface area contributed by atoms with E-state index in [4.69, 9.17) is 0 Å². The highest BCUT2D eigenvalue weighted by atomic mass is 32.2. The van der Waals surface area contributed by atoms with E-state index in [9.17, 15) is 0 Å². The maximum absolute atomic E-state index is 3.55. The highest BCUT2D eigenvalue weighted by molar-refractivity contribution is 7.99. The second-order valence-corrected chi connectivity index (χ2v) is 4.92. The van der Waals surface area contributed by atoms with Gasteiger partial charge in [-0.25, -0.2) is 0 Å². The van der Waals surface area contributed by atoms with Crippen LogP contribution >= 0.6 is 11.8 Å². The van der Waals surface area contributed by atoms with Gasteiger partial charge in [-0.15, -0.1) is 0 Å². The summed E-state index contributed by atoms with van der Waals surface area (Å²) < 4.78 is 0. The molecular formula is C8H17NS. The zero-order valence-electron chi connectivity index (χ0n) is 7.11. The van der Waals surface area contributed by atoms with Gasteiger partial charge in [0.05, 0.1) is 0 Å². The zero-order valence-corrected chi connectivity index (χ0v) is 7.92. The normalized spacial score (nSPS) is 33.3. The van der Waals surface area contributed by atoms with E-state index in [0.29, 0.717) is 5.54 Å². The molecule has 0 aromatic rings. The van der Waals surface area contributed by atoms with Gasteiger partial charge in [0.15, 0.2) is 0 Å². The summed E-state index contributed by atoms with van der Waals surface area (Å²) in [6, 6.07) is 0. The molecule has 0 aromatic carbocycles. The number of hydrogen-bond acceptors (Lipinski definition) is 2. The van der Waals surface area contributed by atoms with Gasteiger partial charge in [0, 0.05) is 11.3 Å². The first-order chi connectivity index (χ1) is 4.60. The Hall–Kier alpha value is 0.310. The minimum Gasteiger partial charge on any atom is -0.311 e. The minimum absolute atomic E-state index is 0.357. The number of hydrogen-bond donors (Lipinski definition) is 1. The molecule has 0 amide bonds. The fraction of sp³-hybridized carbons (Fsp3) is 1.00. The van der Waals surface area contributed by atoms with Crippen LogP contribution in [0, 0.1) is 5.92 Å². The second kappa shape index (κ2) is 3.14. The van der Waals surface area contributed by atoms with E-state index >= 15 is 0 Å². The van der Waals surface area contributed by atoms with Crippen molar-refractivity contribution in [2.75, 3.05) is 18.1 Å². The van der Waals surface area contributed by atoms with Gasteiger partial charge in [-0.05, 0) is 32.1 Å². The maximum atomic E-state index is 3.55. The molecule has 0 aromatic heterocycles. The molecule has 1 unspecified atom stereocenters. The van der Waals surface area contributed by atoms with E-state index < -0.39 is 0 Å². The third-order valence-corrected chi connectivity index (χ3v) is 3.52. The summed E-state index contributed by atoms with van der Waals surface area (Å²) in [6.07, 6.45) is 0. The van der Waals surface area contributed by atoms with Crippen molar-refractivity contribution < 1.29 is 0 Å². The lowest BCUT2D eigenvalue weighted by Gasteiger charge is -2.23. The van der Waals surface area contributed by atoms with Crippen molar-refractivity contribution in [3.8, 4) is 0 Å². The molecule has 1 aliphatic rings. The summed E-state index contributed by atoms with van der Waals surface area (Å²) in [6.45, 7) is 8.04. The highest BCUT2D eigenvalue weighted by Gasteiger charge is 2.21. The highest BCUT2D eigenvalue weighted by Crippen LogP contribution is 2.19. The van der Waals surface area contributed by atoms with Gasteiger partial charge in [0.1, 0.15) is 0 Å². The second-order valence-electron chi connectivity index (χ2n) is 3.89. The molecule has 0 radical (unpaired) electrons. The lowest BCUT2D eigenvalue weighted by molar-refractivity contribution is 0.412. The third kappa shape index (κ3) is 2.51. The SMILES string of the molecule is CC1CNC(C)(C)CSC1. The largest absolute Gasteiger partial charge is 0.311 e. The van der Waals surface area contributed by atoms with Crippen LogP contribution < -0.4 is 5.32 Å². The first-order valence-corrected chi connectivity index (χ1v) is 5.08. The van der Waals surface area contributed by atoms with Crippen LogP contribution in [0.2, 0.25) is 0 Å². The van der Waals surface area contributed by atoms with Crippen molar-refractivity contribution in [2.24, 2.45) is 5.92 Å². The average molecular weight is 159 g/mol. The van der Waals surface area contributed by atoms with Gasteiger partial charge in [0.2, 0.25) is 0 Å². The third-order valence-electron chi connectivity index (χ3n) is 1.79. The molecule has 1 nitrogen and oxygen atoms in total. The number of thioether (sulfide) groups is 1. The summed E-state index contributed by atoms with van der Waals surface area (Å²) in [5.41, 5.74) is 0.357. The van der Waals surface area contributed by atoms with Crippen LogP contribution in [0.1, 0.15) is 20.8 Å². The van der Waals surface area contributed by atoms with E-state index in [-0.39, 0.29) is 0 Å². The summed E-state index contributed by atoms with van der Waals surface area (Å²) in [5, 5.41) is 3.55. The van der Waals surface area contributed by atoms with Crippen LogP contribution in [0.5, 0.6) is 0 Å². The zero-order chi connectivity index (χ0) is 7.61. The molecule has 60 valence electrons. The van der Waals surface area contributed by atoms with Gasteiger partial charge in [0.25, 0.3) is 0 Å². The van der Waals surface area contributed by atoms with Crippen LogP contribution in [0.3, 0.4) is 0 Å². The standard InChI is InChI=1S/C8H17NS/c1-7-4-9-8(2,3)6-10-5-7/h7,9H,4-6H2,1-3H3. The van der Waals surface area contributed by atoms with E-state index in [1.165, 1.54) is 18.1 Å². The lowest BCUT2D eigenvalue weighted by Crippen LogP contribution is -2.41. The first kappa shape index (κ1) is 8.41. The molecule has 1 atom stereocenters. The number of nitrogens with one attached hydrogen (secondary N) is 1. The molecule has 0 aliphatic carbocycles. The predicted molar refractivity (Wildman–Crippen MR) is 48.6 cm³/mol. The van der Waals surface area contributed by atoms with Crippen molar-refractivity contribution in [3.05, 3.63) is 0 Å². The van der Waals surface area contributed by atoms with E-state index in [2.05, 4.69) is 37.8 Å². The van der Waals surface area contributed by atoms with Crippen molar-refractivity contribution in [2.45, 2.75) is 26.3 Å². The Morgan fingerprint density at radius 1 is 1.50 bits per heavy atom. The topological polar surface area (TPSA) is 12.0 Å². The molecule has 1 saturated heterocycles. The molecule has 2 heteroatoms. The molecule has 0 bridgehead atoms. The van der Waals surface area contributed by atoms with Gasteiger partial charge < -0.3 is 5.32 Å². The van der Waals surface area contributed by atoms with E-state index in [1.54, 1.807) is 0 Å². The Labute approximate surface area is 68.0 Å². The molecule has 1 heterocycles. The maximum Gasteiger partial charge on any atom is 0.0215 e. The molecule has 10 heavy (non-hydrogen) atoms. The van der Waals surface area contributed by atoms with Gasteiger partial charge in [-0.1, -0.05) is 6.92 Å². The van der Waals surface area contributed by atoms with Crippen LogP contribution in [-0.2, 0) is 0 Å². The molecule has 1 fully saturated rings. The summed E-state index contributed by atoms with van der Waals surface area (Å²) in [5.74, 6) is 3.40. The van der Waals surface area contributed by atoms with Gasteiger partial charge in [-0.3, -0.25) is 0 Å². The van der Waals surface area contributed by atoms with Crippen LogP contribution in [0.15, 0.2) is 0 Å². The number of rotatable bonds is 0. The molecular weight excluding hydrogens is 142 g/mol. The summed E-state index contributed by atoms with van der Waals surface area (Å²) >= 11 is 2.07. The quantitative estimate of drug-likeness (QED) is 0.578. The van der Waals surface area contributed by atoms with Crippen molar-refractivity contribution in [3.63, 3.8) is 0 Å². The van der Waals surface area contributed by atoms with Crippen LogP contribution in [-0.4, -0.2) is 23.6 Å². The molecule has 0 saturated carbocycles. The lowest BCUT2D eigenvalue weighted by atomic mass is 10.1. The molecule has 0 spiro atoms. The average Bonchev–Trinajstić information content (AvgIpc) is 1.94. The van der Waals surface area contributed by atoms with Gasteiger partial charge in [-0.2, -0.15) is 11.8 Å². The van der Waals surface area contributed by atoms with E-state index in [1.807, 2.05) is 0 Å². The van der Waals surface area contributed by atoms with E-state index in [0.717, 1.165) is 5.92 Å². The Bertz CT molecular complexity index is 112. The molecule has 1 rings (SSSR count).